The number of esters is 3. The molecule has 10 atom stereocenters. The number of hydrogen-bond donors (Lipinski definition) is 5. The van der Waals surface area contributed by atoms with E-state index in [1.807, 2.05) is 0 Å². The third kappa shape index (κ3) is 4.09. The van der Waals surface area contributed by atoms with Gasteiger partial charge in [0.1, 0.15) is 24.4 Å². The Balaban J connectivity index is 2.41. The molecule has 2 aliphatic carbocycles. The molecule has 11 nitrogen and oxygen atoms in total. The number of hydrogen-bond acceptors (Lipinski definition) is 11. The van der Waals surface area contributed by atoms with E-state index in [0.29, 0.717) is 5.57 Å². The highest BCUT2D eigenvalue weighted by atomic mass is 16.6. The molecule has 196 valence electrons. The van der Waals surface area contributed by atoms with Crippen LogP contribution in [0.5, 0.6) is 0 Å². The van der Waals surface area contributed by atoms with E-state index in [0.717, 1.165) is 20.8 Å². The summed E-state index contributed by atoms with van der Waals surface area (Å²) in [6.45, 7) is 7.47. The quantitative estimate of drug-likeness (QED) is 0.184. The highest BCUT2D eigenvalue weighted by molar-refractivity contribution is 5.84. The molecule has 0 aromatic rings. The number of ether oxygens (including phenoxy) is 3. The molecule has 1 saturated heterocycles. The standard InChI is InChI=1S/C24H34O11/c1-11-9-14(33-12(2)25)18(28)21(4)8-7-15(27)22(5,30)17(21)19(34-13(3)26)24(32)16(10-11)35-20(29)23(24,6)31/h7-8,10,14-19,27-28,30-32H,9H2,1-6H3/t14-,15-,16+,17-,18-,19+,21+,22-,23-,24+/m1/s1. The molecule has 11 heteroatoms. The van der Waals surface area contributed by atoms with Gasteiger partial charge in [0.15, 0.2) is 17.3 Å². The fraction of sp³-hybridized carbons (Fsp3) is 0.708. The Bertz CT molecular complexity index is 967. The van der Waals surface area contributed by atoms with Crippen LogP contribution in [0.1, 0.15) is 48.0 Å². The third-order valence-electron chi connectivity index (χ3n) is 7.68. The zero-order chi connectivity index (χ0) is 26.7. The summed E-state index contributed by atoms with van der Waals surface area (Å²) in [7, 11) is 0. The third-order valence-corrected chi connectivity index (χ3v) is 7.68. The average Bonchev–Trinajstić information content (AvgIpc) is 2.88. The molecule has 1 aliphatic heterocycles. The van der Waals surface area contributed by atoms with Gasteiger partial charge in [0, 0.05) is 31.6 Å². The van der Waals surface area contributed by atoms with Crippen molar-refractivity contribution in [2.45, 2.75) is 95.3 Å². The summed E-state index contributed by atoms with van der Waals surface area (Å²) in [6.07, 6.45) is -3.82. The number of carbonyl (C=O) groups excluding carboxylic acids is 3. The number of aliphatic hydroxyl groups is 5. The predicted molar refractivity (Wildman–Crippen MR) is 118 cm³/mol. The topological polar surface area (TPSA) is 180 Å². The van der Waals surface area contributed by atoms with Gasteiger partial charge in [0.05, 0.1) is 5.60 Å². The van der Waals surface area contributed by atoms with E-state index in [9.17, 15) is 39.9 Å². The Morgan fingerprint density at radius 2 is 1.63 bits per heavy atom. The van der Waals surface area contributed by atoms with Crippen LogP contribution < -0.4 is 0 Å². The van der Waals surface area contributed by atoms with Crippen molar-refractivity contribution in [3.05, 3.63) is 23.8 Å². The summed E-state index contributed by atoms with van der Waals surface area (Å²) >= 11 is 0. The van der Waals surface area contributed by atoms with Crippen LogP contribution in [-0.4, -0.2) is 90.8 Å². The highest BCUT2D eigenvalue weighted by Gasteiger charge is 2.74. The first-order chi connectivity index (χ1) is 15.9. The Hall–Kier alpha value is -2.31. The summed E-state index contributed by atoms with van der Waals surface area (Å²) in [5, 5.41) is 57.0. The maximum Gasteiger partial charge on any atom is 0.341 e. The molecule has 0 amide bonds. The number of rotatable bonds is 2. The highest BCUT2D eigenvalue weighted by Crippen LogP contribution is 2.55. The first-order valence-electron chi connectivity index (χ1n) is 11.4. The van der Waals surface area contributed by atoms with Gasteiger partial charge in [0.25, 0.3) is 0 Å². The summed E-state index contributed by atoms with van der Waals surface area (Å²) in [6, 6.07) is 0. The molecule has 0 spiro atoms. The van der Waals surface area contributed by atoms with Gasteiger partial charge in [-0.2, -0.15) is 0 Å². The lowest BCUT2D eigenvalue weighted by Gasteiger charge is -2.57. The zero-order valence-electron chi connectivity index (χ0n) is 20.6. The van der Waals surface area contributed by atoms with Crippen molar-refractivity contribution >= 4 is 17.9 Å². The first-order valence-corrected chi connectivity index (χ1v) is 11.4. The minimum atomic E-state index is -2.65. The fourth-order valence-corrected chi connectivity index (χ4v) is 5.75. The minimum Gasteiger partial charge on any atom is -0.459 e. The van der Waals surface area contributed by atoms with Crippen molar-refractivity contribution in [1.29, 1.82) is 0 Å². The van der Waals surface area contributed by atoms with Crippen LogP contribution in [-0.2, 0) is 28.6 Å². The molecule has 0 aromatic heterocycles. The minimum absolute atomic E-state index is 0.0495. The van der Waals surface area contributed by atoms with E-state index in [-0.39, 0.29) is 6.42 Å². The second-order valence-electron chi connectivity index (χ2n) is 10.4. The van der Waals surface area contributed by atoms with Crippen LogP contribution in [0.15, 0.2) is 23.8 Å². The zero-order valence-corrected chi connectivity index (χ0v) is 20.6. The lowest BCUT2D eigenvalue weighted by molar-refractivity contribution is -0.260. The molecule has 0 aromatic carbocycles. The molecule has 0 unspecified atom stereocenters. The van der Waals surface area contributed by atoms with Crippen LogP contribution in [0, 0.1) is 11.3 Å². The average molecular weight is 499 g/mol. The van der Waals surface area contributed by atoms with Crippen molar-refractivity contribution in [3.8, 4) is 0 Å². The van der Waals surface area contributed by atoms with E-state index in [2.05, 4.69) is 0 Å². The number of aliphatic hydroxyl groups excluding tert-OH is 2. The van der Waals surface area contributed by atoms with Gasteiger partial charge in [0.2, 0.25) is 0 Å². The smallest absolute Gasteiger partial charge is 0.341 e. The van der Waals surface area contributed by atoms with Gasteiger partial charge in [-0.15, -0.1) is 0 Å². The molecule has 0 radical (unpaired) electrons. The van der Waals surface area contributed by atoms with Gasteiger partial charge in [-0.25, -0.2) is 4.79 Å². The SMILES string of the molecule is CC(=O)O[C@@H]1CC(C)=C[C@@H]2OC(=O)[C@@](C)(O)[C@@]2(O)[C@@H](OC(C)=O)[C@H]2[C@](C)(O)[C@H](O)C=C[C@]2(C)[C@@H]1O. The monoisotopic (exact) mass is 498 g/mol. The first kappa shape index (κ1) is 27.3. The fourth-order valence-electron chi connectivity index (χ4n) is 5.75. The van der Waals surface area contributed by atoms with Gasteiger partial charge in [-0.1, -0.05) is 24.6 Å². The van der Waals surface area contributed by atoms with Gasteiger partial charge >= 0.3 is 17.9 Å². The number of carbonyl (C=O) groups is 3. The van der Waals surface area contributed by atoms with Gasteiger partial charge in [-0.3, -0.25) is 9.59 Å². The van der Waals surface area contributed by atoms with Crippen LogP contribution in [0.25, 0.3) is 0 Å². The van der Waals surface area contributed by atoms with Crippen molar-refractivity contribution in [2.24, 2.45) is 11.3 Å². The van der Waals surface area contributed by atoms with Crippen LogP contribution in [0.2, 0.25) is 0 Å². The molecule has 5 N–H and O–H groups in total. The van der Waals surface area contributed by atoms with Crippen LogP contribution in [0.3, 0.4) is 0 Å². The normalized spacial score (nSPS) is 47.6. The summed E-state index contributed by atoms with van der Waals surface area (Å²) in [4.78, 5) is 36.8. The molecule has 3 rings (SSSR count). The molecule has 1 fully saturated rings. The van der Waals surface area contributed by atoms with E-state index in [4.69, 9.17) is 14.2 Å². The van der Waals surface area contributed by atoms with Gasteiger partial charge in [-0.05, 0) is 26.8 Å². The van der Waals surface area contributed by atoms with Gasteiger partial charge < -0.3 is 39.7 Å². The molecule has 3 aliphatic rings. The lowest BCUT2D eigenvalue weighted by atomic mass is 9.54. The second-order valence-corrected chi connectivity index (χ2v) is 10.4. The molecule has 0 saturated carbocycles. The van der Waals surface area contributed by atoms with Crippen molar-refractivity contribution in [1.82, 2.24) is 0 Å². The second kappa shape index (κ2) is 8.67. The molecular formula is C24H34O11. The van der Waals surface area contributed by atoms with E-state index >= 15 is 0 Å². The molecule has 1 heterocycles. The summed E-state index contributed by atoms with van der Waals surface area (Å²) in [5.41, 5.74) is -8.63. The maximum absolute atomic E-state index is 12.7. The van der Waals surface area contributed by atoms with Crippen molar-refractivity contribution < 1.29 is 54.1 Å². The van der Waals surface area contributed by atoms with E-state index in [1.54, 1.807) is 6.92 Å². The molecular weight excluding hydrogens is 464 g/mol. The molecule has 35 heavy (non-hydrogen) atoms. The summed E-state index contributed by atoms with van der Waals surface area (Å²) < 4.78 is 16.2. The lowest BCUT2D eigenvalue weighted by Crippen LogP contribution is -2.73. The van der Waals surface area contributed by atoms with Crippen molar-refractivity contribution in [2.75, 3.05) is 0 Å². The molecule has 0 bridgehead atoms. The Labute approximate surface area is 203 Å². The largest absolute Gasteiger partial charge is 0.459 e. The number of fused-ring (bicyclic) bond motifs is 2. The Morgan fingerprint density at radius 1 is 1.06 bits per heavy atom. The van der Waals surface area contributed by atoms with E-state index in [1.165, 1.54) is 32.1 Å². The predicted octanol–water partition coefficient (Wildman–Crippen LogP) is -0.728. The van der Waals surface area contributed by atoms with Crippen LogP contribution in [0.4, 0.5) is 0 Å². The summed E-state index contributed by atoms with van der Waals surface area (Å²) in [5.74, 6) is -4.35. The Morgan fingerprint density at radius 3 is 2.17 bits per heavy atom. The Kier molecular flexibility index (Phi) is 6.75. The van der Waals surface area contributed by atoms with E-state index < -0.39 is 76.6 Å². The maximum atomic E-state index is 12.7. The van der Waals surface area contributed by atoms with Crippen molar-refractivity contribution in [3.63, 3.8) is 0 Å². The van der Waals surface area contributed by atoms with Crippen LogP contribution >= 0.6 is 0 Å².